The Morgan fingerprint density at radius 1 is 0.967 bits per heavy atom. The van der Waals surface area contributed by atoms with Gasteiger partial charge in [-0.1, -0.05) is 86.1 Å². The molecule has 1 aliphatic carbocycles. The largest absolute Gasteiger partial charge is 0.384 e. The van der Waals surface area contributed by atoms with Crippen molar-refractivity contribution in [3.63, 3.8) is 0 Å². The van der Waals surface area contributed by atoms with Crippen LogP contribution in [0.1, 0.15) is 116 Å². The number of hydrogen-bond donors (Lipinski definition) is 2. The molecule has 1 N–H and O–H groups in total. The van der Waals surface area contributed by atoms with Gasteiger partial charge in [0, 0.05) is 5.41 Å². The van der Waals surface area contributed by atoms with E-state index in [9.17, 15) is 9.50 Å². The molecule has 2 unspecified atom stereocenters. The second kappa shape index (κ2) is 13.1. The van der Waals surface area contributed by atoms with Crippen molar-refractivity contribution in [1.29, 1.82) is 0 Å². The third-order valence-electron chi connectivity index (χ3n) is 6.90. The lowest BCUT2D eigenvalue weighted by molar-refractivity contribution is -0.114. The number of hydrogen-bond acceptors (Lipinski definition) is 2. The van der Waals surface area contributed by atoms with Gasteiger partial charge in [0.25, 0.3) is 0 Å². The van der Waals surface area contributed by atoms with Crippen molar-refractivity contribution in [3.8, 4) is 0 Å². The minimum Gasteiger partial charge on any atom is -0.384 e. The van der Waals surface area contributed by atoms with Crippen molar-refractivity contribution in [2.45, 2.75) is 118 Å². The first-order valence-electron chi connectivity index (χ1n) is 12.4. The number of aliphatic hydroxyl groups is 1. The minimum absolute atomic E-state index is 0.151. The fourth-order valence-electron chi connectivity index (χ4n) is 5.23. The molecule has 0 radical (unpaired) electrons. The first-order chi connectivity index (χ1) is 14.2. The predicted molar refractivity (Wildman–Crippen MR) is 133 cm³/mol. The first-order valence-corrected chi connectivity index (χ1v) is 13.0. The number of halogens is 1. The van der Waals surface area contributed by atoms with Crippen LogP contribution >= 0.6 is 12.6 Å². The molecule has 0 spiro atoms. The van der Waals surface area contributed by atoms with E-state index in [0.717, 1.165) is 67.4 Å². The smallest absolute Gasteiger partial charge is 0.126 e. The number of unbranched alkanes of at least 4 members (excludes halogenated alkanes) is 4. The van der Waals surface area contributed by atoms with Crippen molar-refractivity contribution in [3.05, 3.63) is 34.6 Å². The lowest BCUT2D eigenvalue weighted by Gasteiger charge is -2.45. The fourth-order valence-corrected chi connectivity index (χ4v) is 5.45. The molecule has 2 atom stereocenters. The van der Waals surface area contributed by atoms with E-state index in [1.807, 2.05) is 6.07 Å². The molecule has 3 heteroatoms. The molecular formula is C27H47FOS. The molecule has 1 aromatic rings. The molecule has 0 amide bonds. The maximum absolute atomic E-state index is 14.6. The van der Waals surface area contributed by atoms with Crippen molar-refractivity contribution in [2.75, 3.05) is 5.75 Å². The Balaban J connectivity index is 0.000000804. The highest BCUT2D eigenvalue weighted by Gasteiger charge is 2.56. The Labute approximate surface area is 191 Å². The van der Waals surface area contributed by atoms with E-state index in [1.165, 1.54) is 19.3 Å². The predicted octanol–water partition coefficient (Wildman–Crippen LogP) is 8.26. The summed E-state index contributed by atoms with van der Waals surface area (Å²) in [6.45, 7) is 12.9. The summed E-state index contributed by atoms with van der Waals surface area (Å²) in [6, 6.07) is 3.46. The fraction of sp³-hybridized carbons (Fsp3) is 0.778. The molecule has 0 heterocycles. The normalized spacial score (nSPS) is 20.4. The van der Waals surface area contributed by atoms with E-state index in [2.05, 4.69) is 54.2 Å². The molecule has 1 aromatic carbocycles. The molecule has 1 nitrogen and oxygen atoms in total. The van der Waals surface area contributed by atoms with Crippen molar-refractivity contribution < 1.29 is 9.50 Å². The second-order valence-corrected chi connectivity index (χ2v) is 10.1. The molecule has 0 fully saturated rings. The summed E-state index contributed by atoms with van der Waals surface area (Å²) in [5, 5.41) is 12.1. The van der Waals surface area contributed by atoms with Crippen LogP contribution in [0.5, 0.6) is 0 Å². The average Bonchev–Trinajstić information content (AvgIpc) is 2.94. The molecule has 0 bridgehead atoms. The van der Waals surface area contributed by atoms with Gasteiger partial charge >= 0.3 is 0 Å². The maximum atomic E-state index is 14.6. The van der Waals surface area contributed by atoms with E-state index in [1.54, 1.807) is 6.07 Å². The zero-order valence-corrected chi connectivity index (χ0v) is 21.4. The molecule has 0 saturated carbocycles. The van der Waals surface area contributed by atoms with E-state index < -0.39 is 5.60 Å². The monoisotopic (exact) mass is 438 g/mol. The highest BCUT2D eigenvalue weighted by molar-refractivity contribution is 7.80. The lowest BCUT2D eigenvalue weighted by atomic mass is 9.64. The highest BCUT2D eigenvalue weighted by atomic mass is 32.1. The van der Waals surface area contributed by atoms with Gasteiger partial charge in [-0.2, -0.15) is 12.6 Å². The van der Waals surface area contributed by atoms with E-state index in [-0.39, 0.29) is 17.2 Å². The van der Waals surface area contributed by atoms with Gasteiger partial charge in [-0.3, -0.25) is 0 Å². The van der Waals surface area contributed by atoms with Crippen LogP contribution in [0.3, 0.4) is 0 Å². The number of thiol groups is 1. The van der Waals surface area contributed by atoms with Crippen LogP contribution < -0.4 is 0 Å². The Bertz CT molecular complexity index is 626. The first kappa shape index (κ1) is 27.5. The molecule has 174 valence electrons. The van der Waals surface area contributed by atoms with Crippen LogP contribution in [-0.4, -0.2) is 10.9 Å². The highest BCUT2D eigenvalue weighted by Crippen LogP contribution is 2.57. The van der Waals surface area contributed by atoms with Gasteiger partial charge < -0.3 is 5.11 Å². The Morgan fingerprint density at radius 3 is 2.13 bits per heavy atom. The topological polar surface area (TPSA) is 20.2 Å². The van der Waals surface area contributed by atoms with Crippen LogP contribution in [0, 0.1) is 17.2 Å². The van der Waals surface area contributed by atoms with Gasteiger partial charge in [0.2, 0.25) is 0 Å². The average molecular weight is 439 g/mol. The number of benzene rings is 1. The number of rotatable bonds is 11. The summed E-state index contributed by atoms with van der Waals surface area (Å²) in [5.41, 5.74) is 1.49. The summed E-state index contributed by atoms with van der Waals surface area (Å²) in [5.74, 6) is 0.949. The van der Waals surface area contributed by atoms with Crippen LogP contribution in [0.15, 0.2) is 12.1 Å². The third-order valence-corrected chi connectivity index (χ3v) is 7.22. The van der Waals surface area contributed by atoms with Crippen molar-refractivity contribution in [1.82, 2.24) is 0 Å². The zero-order chi connectivity index (χ0) is 22.8. The third kappa shape index (κ3) is 6.25. The minimum atomic E-state index is -0.938. The number of aryl methyl sites for hydroxylation is 1. The summed E-state index contributed by atoms with van der Waals surface area (Å²) in [4.78, 5) is 0. The van der Waals surface area contributed by atoms with Crippen LogP contribution in [-0.2, 0) is 18.4 Å². The summed E-state index contributed by atoms with van der Waals surface area (Å²) in [6.07, 6.45) is 11.9. The van der Waals surface area contributed by atoms with E-state index in [0.29, 0.717) is 6.42 Å². The van der Waals surface area contributed by atoms with Gasteiger partial charge in [-0.25, -0.2) is 4.39 Å². The zero-order valence-electron chi connectivity index (χ0n) is 20.5. The summed E-state index contributed by atoms with van der Waals surface area (Å²) >= 11 is 4.30. The quantitative estimate of drug-likeness (QED) is 0.263. The van der Waals surface area contributed by atoms with E-state index >= 15 is 0 Å². The van der Waals surface area contributed by atoms with Crippen LogP contribution in [0.4, 0.5) is 4.39 Å². The molecule has 0 aromatic heterocycles. The number of fused-ring (bicyclic) bond motifs is 1. The van der Waals surface area contributed by atoms with E-state index in [4.69, 9.17) is 0 Å². The van der Waals surface area contributed by atoms with Gasteiger partial charge in [-0.05, 0) is 66.5 Å². The van der Waals surface area contributed by atoms with Crippen LogP contribution in [0.25, 0.3) is 0 Å². The molecule has 0 saturated heterocycles. The summed E-state index contributed by atoms with van der Waals surface area (Å²) < 4.78 is 14.6. The van der Waals surface area contributed by atoms with Gasteiger partial charge in [0.05, 0.1) is 5.60 Å². The molecule has 1 aliphatic rings. The summed E-state index contributed by atoms with van der Waals surface area (Å²) in [7, 11) is 0. The van der Waals surface area contributed by atoms with Gasteiger partial charge in [0.1, 0.15) is 5.82 Å². The standard InChI is InChI=1S/C22H35FOS.C5H12/c1-5-10-17(11-8-7-9-14-25)22(24)20-16(6-2)12-13-19(23)18(20)15-21(22,3)4;1-3-5-4-2/h12-13,17,24-25H,5-11,14-15H2,1-4H3;3-5H2,1-2H3. The SMILES string of the molecule is CCCC(CCCCCS)C1(O)c2c(CC)ccc(F)c2CC1(C)C.CCCCC. The van der Waals surface area contributed by atoms with Crippen molar-refractivity contribution >= 4 is 12.6 Å². The van der Waals surface area contributed by atoms with Gasteiger partial charge in [-0.15, -0.1) is 0 Å². The maximum Gasteiger partial charge on any atom is 0.126 e. The molecule has 2 rings (SSSR count). The molecule has 0 aliphatic heterocycles. The van der Waals surface area contributed by atoms with Gasteiger partial charge in [0.15, 0.2) is 0 Å². The molecule has 30 heavy (non-hydrogen) atoms. The Hall–Kier alpha value is -0.540. The van der Waals surface area contributed by atoms with Crippen LogP contribution in [0.2, 0.25) is 0 Å². The Morgan fingerprint density at radius 2 is 1.63 bits per heavy atom. The molecular weight excluding hydrogens is 391 g/mol. The van der Waals surface area contributed by atoms with Crippen molar-refractivity contribution in [2.24, 2.45) is 11.3 Å². The lowest BCUT2D eigenvalue weighted by Crippen LogP contribution is -2.45. The second-order valence-electron chi connectivity index (χ2n) is 9.65. The Kier molecular flexibility index (Phi) is 12.0.